The summed E-state index contributed by atoms with van der Waals surface area (Å²) in [6.45, 7) is 8.17. The van der Waals surface area contributed by atoms with Crippen LogP contribution in [0.3, 0.4) is 0 Å². The Hall–Kier alpha value is -0.370. The second-order valence-corrected chi connectivity index (χ2v) is 4.82. The Bertz CT molecular complexity index is 236. The SMILES string of the molecule is C/C=C(\C)C1C[C@](C)(CC)C(N)C1F. The van der Waals surface area contributed by atoms with Crippen LogP contribution in [-0.4, -0.2) is 12.2 Å². The van der Waals surface area contributed by atoms with Crippen LogP contribution < -0.4 is 5.73 Å². The Balaban J connectivity index is 2.87. The van der Waals surface area contributed by atoms with Crippen LogP contribution in [0.1, 0.15) is 40.5 Å². The second-order valence-electron chi connectivity index (χ2n) is 4.82. The van der Waals surface area contributed by atoms with Crippen molar-refractivity contribution in [3.63, 3.8) is 0 Å². The first-order chi connectivity index (χ1) is 6.46. The van der Waals surface area contributed by atoms with Gasteiger partial charge in [0.25, 0.3) is 0 Å². The first kappa shape index (κ1) is 11.7. The highest BCUT2D eigenvalue weighted by Gasteiger charge is 2.48. The van der Waals surface area contributed by atoms with Gasteiger partial charge in [0, 0.05) is 12.0 Å². The lowest BCUT2D eigenvalue weighted by Gasteiger charge is -2.27. The Kier molecular flexibility index (Phi) is 3.36. The molecular formula is C12H22FN. The summed E-state index contributed by atoms with van der Waals surface area (Å²) in [4.78, 5) is 0. The molecule has 0 amide bonds. The number of hydrogen-bond acceptors (Lipinski definition) is 1. The molecule has 0 radical (unpaired) electrons. The molecule has 0 bridgehead atoms. The minimum absolute atomic E-state index is 0.0195. The molecule has 0 aromatic heterocycles. The lowest BCUT2D eigenvalue weighted by atomic mass is 9.81. The maximum absolute atomic E-state index is 13.9. The fourth-order valence-corrected chi connectivity index (χ4v) is 2.39. The molecule has 1 rings (SSSR count). The van der Waals surface area contributed by atoms with Gasteiger partial charge in [-0.05, 0) is 32.1 Å². The van der Waals surface area contributed by atoms with Gasteiger partial charge in [-0.1, -0.05) is 25.5 Å². The number of nitrogens with two attached hydrogens (primary N) is 1. The van der Waals surface area contributed by atoms with E-state index in [4.69, 9.17) is 5.73 Å². The van der Waals surface area contributed by atoms with Gasteiger partial charge in [-0.15, -0.1) is 0 Å². The van der Waals surface area contributed by atoms with Crippen LogP contribution in [0.15, 0.2) is 11.6 Å². The molecule has 82 valence electrons. The molecule has 0 spiro atoms. The van der Waals surface area contributed by atoms with Crippen LogP contribution >= 0.6 is 0 Å². The monoisotopic (exact) mass is 199 g/mol. The topological polar surface area (TPSA) is 26.0 Å². The summed E-state index contributed by atoms with van der Waals surface area (Å²) >= 11 is 0. The van der Waals surface area contributed by atoms with Crippen LogP contribution in [0.25, 0.3) is 0 Å². The molecule has 14 heavy (non-hydrogen) atoms. The van der Waals surface area contributed by atoms with Gasteiger partial charge in [-0.25, -0.2) is 4.39 Å². The van der Waals surface area contributed by atoms with Crippen molar-refractivity contribution in [2.24, 2.45) is 17.1 Å². The van der Waals surface area contributed by atoms with Gasteiger partial charge in [0.15, 0.2) is 0 Å². The van der Waals surface area contributed by atoms with Crippen molar-refractivity contribution in [2.45, 2.75) is 52.8 Å². The van der Waals surface area contributed by atoms with Crippen LogP contribution in [0.5, 0.6) is 0 Å². The molecular weight excluding hydrogens is 177 g/mol. The fraction of sp³-hybridized carbons (Fsp3) is 0.833. The number of allylic oxidation sites excluding steroid dienone is 2. The third-order valence-electron chi connectivity index (χ3n) is 4.07. The molecule has 0 saturated heterocycles. The molecule has 1 aliphatic carbocycles. The normalized spacial score (nSPS) is 44.4. The lowest BCUT2D eigenvalue weighted by molar-refractivity contribution is 0.216. The molecule has 0 aromatic carbocycles. The molecule has 4 atom stereocenters. The summed E-state index contributed by atoms with van der Waals surface area (Å²) in [5, 5.41) is 0. The highest BCUT2D eigenvalue weighted by molar-refractivity contribution is 5.14. The zero-order valence-electron chi connectivity index (χ0n) is 9.68. The van der Waals surface area contributed by atoms with E-state index in [-0.39, 0.29) is 17.4 Å². The molecule has 1 nitrogen and oxygen atoms in total. The largest absolute Gasteiger partial charge is 0.325 e. The van der Waals surface area contributed by atoms with Gasteiger partial charge >= 0.3 is 0 Å². The maximum Gasteiger partial charge on any atom is 0.122 e. The van der Waals surface area contributed by atoms with E-state index in [9.17, 15) is 4.39 Å². The second kappa shape index (κ2) is 4.01. The summed E-state index contributed by atoms with van der Waals surface area (Å²) in [6, 6.07) is -0.299. The van der Waals surface area contributed by atoms with Crippen LogP contribution in [-0.2, 0) is 0 Å². The smallest absolute Gasteiger partial charge is 0.122 e. The Morgan fingerprint density at radius 2 is 2.21 bits per heavy atom. The number of alkyl halides is 1. The summed E-state index contributed by atoms with van der Waals surface area (Å²) in [6.07, 6.45) is 2.99. The summed E-state index contributed by atoms with van der Waals surface area (Å²) < 4.78 is 13.9. The highest BCUT2D eigenvalue weighted by Crippen LogP contribution is 2.47. The third-order valence-corrected chi connectivity index (χ3v) is 4.07. The van der Waals surface area contributed by atoms with Crippen LogP contribution in [0.4, 0.5) is 4.39 Å². The summed E-state index contributed by atoms with van der Waals surface area (Å²) in [5.41, 5.74) is 7.07. The fourth-order valence-electron chi connectivity index (χ4n) is 2.39. The van der Waals surface area contributed by atoms with Gasteiger partial charge in [0.05, 0.1) is 0 Å². The average molecular weight is 199 g/mol. The molecule has 0 aliphatic heterocycles. The molecule has 2 heteroatoms. The zero-order valence-corrected chi connectivity index (χ0v) is 9.68. The molecule has 3 unspecified atom stereocenters. The van der Waals surface area contributed by atoms with Crippen molar-refractivity contribution in [2.75, 3.05) is 0 Å². The van der Waals surface area contributed by atoms with E-state index >= 15 is 0 Å². The van der Waals surface area contributed by atoms with E-state index in [1.165, 1.54) is 0 Å². The van der Waals surface area contributed by atoms with Crippen molar-refractivity contribution in [3.8, 4) is 0 Å². The van der Waals surface area contributed by atoms with Crippen LogP contribution in [0.2, 0.25) is 0 Å². The Labute approximate surface area is 86.6 Å². The molecule has 0 aromatic rings. The van der Waals surface area contributed by atoms with E-state index in [0.717, 1.165) is 18.4 Å². The van der Waals surface area contributed by atoms with Crippen LogP contribution in [0, 0.1) is 11.3 Å². The predicted octanol–water partition coefficient (Wildman–Crippen LogP) is 3.05. The van der Waals surface area contributed by atoms with Crippen molar-refractivity contribution in [1.82, 2.24) is 0 Å². The third kappa shape index (κ3) is 1.72. The minimum atomic E-state index is -0.865. The van der Waals surface area contributed by atoms with Crippen molar-refractivity contribution >= 4 is 0 Å². The van der Waals surface area contributed by atoms with Gasteiger partial charge in [-0.2, -0.15) is 0 Å². The van der Waals surface area contributed by atoms with E-state index in [0.29, 0.717) is 0 Å². The molecule has 0 heterocycles. The average Bonchev–Trinajstić information content (AvgIpc) is 2.43. The Morgan fingerprint density at radius 3 is 2.57 bits per heavy atom. The number of rotatable bonds is 2. The first-order valence-corrected chi connectivity index (χ1v) is 5.48. The van der Waals surface area contributed by atoms with E-state index in [1.807, 2.05) is 19.9 Å². The first-order valence-electron chi connectivity index (χ1n) is 5.48. The van der Waals surface area contributed by atoms with E-state index < -0.39 is 6.17 Å². The summed E-state index contributed by atoms with van der Waals surface area (Å²) in [5.74, 6) is 0.0416. The zero-order chi connectivity index (χ0) is 10.9. The van der Waals surface area contributed by atoms with E-state index in [1.54, 1.807) is 0 Å². The summed E-state index contributed by atoms with van der Waals surface area (Å²) in [7, 11) is 0. The standard InChI is InChI=1S/C12H22FN/c1-5-8(3)9-7-12(4,6-2)11(14)10(9)13/h5,9-11H,6-7,14H2,1-4H3/b8-5+/t9?,10?,11?,12-/m0/s1. The predicted molar refractivity (Wildman–Crippen MR) is 58.8 cm³/mol. The van der Waals surface area contributed by atoms with Crippen molar-refractivity contribution in [1.29, 1.82) is 0 Å². The quantitative estimate of drug-likeness (QED) is 0.680. The van der Waals surface area contributed by atoms with Gasteiger partial charge in [-0.3, -0.25) is 0 Å². The molecule has 1 aliphatic rings. The van der Waals surface area contributed by atoms with Gasteiger partial charge < -0.3 is 5.73 Å². The lowest BCUT2D eigenvalue weighted by Crippen LogP contribution is -2.40. The highest BCUT2D eigenvalue weighted by atomic mass is 19.1. The van der Waals surface area contributed by atoms with Gasteiger partial charge in [0.2, 0.25) is 0 Å². The molecule has 2 N–H and O–H groups in total. The Morgan fingerprint density at radius 1 is 1.64 bits per heavy atom. The van der Waals surface area contributed by atoms with Gasteiger partial charge in [0.1, 0.15) is 6.17 Å². The maximum atomic E-state index is 13.9. The van der Waals surface area contributed by atoms with Crippen molar-refractivity contribution < 1.29 is 4.39 Å². The molecule has 1 fully saturated rings. The van der Waals surface area contributed by atoms with Crippen molar-refractivity contribution in [3.05, 3.63) is 11.6 Å². The molecule has 1 saturated carbocycles. The number of halogens is 1. The number of hydrogen-bond donors (Lipinski definition) is 1. The minimum Gasteiger partial charge on any atom is -0.325 e. The van der Waals surface area contributed by atoms with E-state index in [2.05, 4.69) is 13.8 Å².